The minimum atomic E-state index is -0.329. The SMILES string of the molecule is Cc1cc(C)c(CNC(=O)c2cc(Cl)c3c(c2C)OC(C2CCC(N(C)CCF)CC2)CCCO3)c(=O)[nH]1. The third-order valence-corrected chi connectivity index (χ3v) is 8.36. The molecule has 1 unspecified atom stereocenters. The van der Waals surface area contributed by atoms with Gasteiger partial charge in [0.2, 0.25) is 0 Å². The van der Waals surface area contributed by atoms with E-state index < -0.39 is 0 Å². The maximum absolute atomic E-state index is 13.2. The number of hydrogen-bond acceptors (Lipinski definition) is 5. The van der Waals surface area contributed by atoms with E-state index in [0.717, 1.165) is 49.8 Å². The van der Waals surface area contributed by atoms with Crippen molar-refractivity contribution in [2.24, 2.45) is 5.92 Å². The van der Waals surface area contributed by atoms with Gasteiger partial charge < -0.3 is 24.7 Å². The first kappa shape index (κ1) is 28.4. The summed E-state index contributed by atoms with van der Waals surface area (Å²) in [6.07, 6.45) is 5.77. The lowest BCUT2D eigenvalue weighted by Gasteiger charge is -2.38. The van der Waals surface area contributed by atoms with Gasteiger partial charge in [-0.1, -0.05) is 11.6 Å². The Bertz CT molecular complexity index is 1210. The lowest BCUT2D eigenvalue weighted by Crippen LogP contribution is -2.40. The van der Waals surface area contributed by atoms with Gasteiger partial charge in [-0.15, -0.1) is 0 Å². The normalized spacial score (nSPS) is 21.6. The number of halogens is 2. The molecule has 2 N–H and O–H groups in total. The van der Waals surface area contributed by atoms with Crippen LogP contribution < -0.4 is 20.3 Å². The number of nitrogens with zero attached hydrogens (tertiary/aromatic N) is 1. The number of carbonyl (C=O) groups is 1. The van der Waals surface area contributed by atoms with Crippen LogP contribution in [0.3, 0.4) is 0 Å². The zero-order chi connectivity index (χ0) is 27.4. The highest BCUT2D eigenvalue weighted by molar-refractivity contribution is 6.32. The molecule has 0 spiro atoms. The quantitative estimate of drug-likeness (QED) is 0.494. The Balaban J connectivity index is 1.52. The molecule has 7 nitrogen and oxygen atoms in total. The second kappa shape index (κ2) is 12.5. The topological polar surface area (TPSA) is 83.7 Å². The molecule has 2 aromatic rings. The van der Waals surface area contributed by atoms with Crippen LogP contribution in [0.2, 0.25) is 5.02 Å². The van der Waals surface area contributed by atoms with E-state index in [9.17, 15) is 14.0 Å². The molecule has 0 saturated heterocycles. The highest BCUT2D eigenvalue weighted by Crippen LogP contribution is 2.44. The molecule has 1 amide bonds. The molecule has 1 aromatic carbocycles. The summed E-state index contributed by atoms with van der Waals surface area (Å²) in [5.74, 6) is 1.05. The third kappa shape index (κ3) is 6.34. The van der Waals surface area contributed by atoms with Crippen LogP contribution in [0.15, 0.2) is 16.9 Å². The number of nitrogens with one attached hydrogen (secondary N) is 2. The summed E-state index contributed by atoms with van der Waals surface area (Å²) in [7, 11) is 2.00. The summed E-state index contributed by atoms with van der Waals surface area (Å²) in [5.41, 5.74) is 2.98. The smallest absolute Gasteiger partial charge is 0.253 e. The molecule has 2 heterocycles. The number of ether oxygens (including phenoxy) is 2. The van der Waals surface area contributed by atoms with E-state index >= 15 is 0 Å². The Kier molecular flexibility index (Phi) is 9.36. The van der Waals surface area contributed by atoms with E-state index in [0.29, 0.717) is 58.3 Å². The van der Waals surface area contributed by atoms with Crippen LogP contribution in [-0.4, -0.2) is 54.8 Å². The number of H-pyrrole nitrogens is 1. The van der Waals surface area contributed by atoms with Crippen molar-refractivity contribution in [2.45, 2.75) is 78.0 Å². The van der Waals surface area contributed by atoms with E-state index in [-0.39, 0.29) is 30.8 Å². The van der Waals surface area contributed by atoms with Crippen LogP contribution in [0, 0.1) is 26.7 Å². The van der Waals surface area contributed by atoms with Gasteiger partial charge in [0.1, 0.15) is 12.8 Å². The zero-order valence-electron chi connectivity index (χ0n) is 22.8. The number of alkyl halides is 1. The van der Waals surface area contributed by atoms with Crippen molar-refractivity contribution in [3.63, 3.8) is 0 Å². The highest BCUT2D eigenvalue weighted by Gasteiger charge is 2.33. The second-order valence-corrected chi connectivity index (χ2v) is 11.1. The van der Waals surface area contributed by atoms with Gasteiger partial charge in [-0.25, -0.2) is 4.39 Å². The van der Waals surface area contributed by atoms with Gasteiger partial charge >= 0.3 is 0 Å². The predicted octanol–water partition coefficient (Wildman–Crippen LogP) is 5.26. The molecule has 1 saturated carbocycles. The number of aromatic nitrogens is 1. The summed E-state index contributed by atoms with van der Waals surface area (Å²) in [6, 6.07) is 3.90. The molecule has 1 aliphatic carbocycles. The van der Waals surface area contributed by atoms with Crippen LogP contribution >= 0.6 is 11.6 Å². The minimum Gasteiger partial charge on any atom is -0.488 e. The summed E-state index contributed by atoms with van der Waals surface area (Å²) in [6.45, 7) is 6.31. The van der Waals surface area contributed by atoms with E-state index in [1.54, 1.807) is 6.07 Å². The molecular weight excluding hydrogens is 509 g/mol. The van der Waals surface area contributed by atoms with Crippen LogP contribution in [-0.2, 0) is 6.54 Å². The average molecular weight is 548 g/mol. The molecule has 4 rings (SSSR count). The van der Waals surface area contributed by atoms with Crippen LogP contribution in [0.1, 0.15) is 71.3 Å². The van der Waals surface area contributed by atoms with Crippen molar-refractivity contribution in [3.05, 3.63) is 55.5 Å². The predicted molar refractivity (Wildman–Crippen MR) is 147 cm³/mol. The number of pyridine rings is 1. The fraction of sp³-hybridized carbons (Fsp3) is 0.586. The number of benzene rings is 1. The maximum Gasteiger partial charge on any atom is 0.253 e. The summed E-state index contributed by atoms with van der Waals surface area (Å²) < 4.78 is 25.4. The second-order valence-electron chi connectivity index (χ2n) is 10.7. The lowest BCUT2D eigenvalue weighted by molar-refractivity contribution is 0.0577. The fourth-order valence-electron chi connectivity index (χ4n) is 5.81. The Morgan fingerprint density at radius 1 is 1.16 bits per heavy atom. The first-order chi connectivity index (χ1) is 18.2. The maximum atomic E-state index is 13.2. The van der Waals surface area contributed by atoms with Crippen molar-refractivity contribution in [1.29, 1.82) is 0 Å². The lowest BCUT2D eigenvalue weighted by atomic mass is 9.80. The van der Waals surface area contributed by atoms with Crippen molar-refractivity contribution >= 4 is 17.5 Å². The highest BCUT2D eigenvalue weighted by atomic mass is 35.5. The number of aromatic amines is 1. The zero-order valence-corrected chi connectivity index (χ0v) is 23.5. The molecule has 208 valence electrons. The van der Waals surface area contributed by atoms with Crippen LogP contribution in [0.25, 0.3) is 0 Å². The third-order valence-electron chi connectivity index (χ3n) is 8.08. The van der Waals surface area contributed by atoms with Gasteiger partial charge in [0.25, 0.3) is 11.5 Å². The van der Waals surface area contributed by atoms with Gasteiger partial charge in [0.15, 0.2) is 11.5 Å². The first-order valence-electron chi connectivity index (χ1n) is 13.6. The number of fused-ring (bicyclic) bond motifs is 1. The summed E-state index contributed by atoms with van der Waals surface area (Å²) >= 11 is 6.62. The monoisotopic (exact) mass is 547 g/mol. The van der Waals surface area contributed by atoms with Crippen LogP contribution in [0.4, 0.5) is 4.39 Å². The molecule has 0 radical (unpaired) electrons. The molecule has 1 atom stereocenters. The molecule has 1 aliphatic heterocycles. The van der Waals surface area contributed by atoms with Gasteiger partial charge in [0.05, 0.1) is 11.6 Å². The first-order valence-corrected chi connectivity index (χ1v) is 13.9. The Labute approximate surface area is 229 Å². The van der Waals surface area contributed by atoms with E-state index in [1.807, 2.05) is 33.9 Å². The minimum absolute atomic E-state index is 0.00748. The number of amides is 1. The number of aryl methyl sites for hydroxylation is 2. The Morgan fingerprint density at radius 3 is 2.58 bits per heavy atom. The van der Waals surface area contributed by atoms with Gasteiger partial charge in [-0.2, -0.15) is 0 Å². The average Bonchev–Trinajstić information content (AvgIpc) is 2.86. The number of hydrogen-bond donors (Lipinski definition) is 2. The molecule has 2 aliphatic rings. The molecule has 1 fully saturated rings. The van der Waals surface area contributed by atoms with Crippen molar-refractivity contribution in [2.75, 3.05) is 26.9 Å². The van der Waals surface area contributed by atoms with Crippen molar-refractivity contribution < 1.29 is 18.7 Å². The fourth-order valence-corrected chi connectivity index (χ4v) is 6.06. The Hall–Kier alpha value is -2.58. The van der Waals surface area contributed by atoms with E-state index in [2.05, 4.69) is 15.2 Å². The molecular formula is C29H39ClFN3O4. The van der Waals surface area contributed by atoms with Gasteiger partial charge in [-0.05, 0) is 90.0 Å². The summed E-state index contributed by atoms with van der Waals surface area (Å²) in [4.78, 5) is 30.5. The molecule has 0 bridgehead atoms. The van der Waals surface area contributed by atoms with E-state index in [1.165, 1.54) is 0 Å². The largest absolute Gasteiger partial charge is 0.488 e. The molecule has 38 heavy (non-hydrogen) atoms. The van der Waals surface area contributed by atoms with Crippen molar-refractivity contribution in [1.82, 2.24) is 15.2 Å². The van der Waals surface area contributed by atoms with Crippen molar-refractivity contribution in [3.8, 4) is 11.5 Å². The van der Waals surface area contributed by atoms with E-state index in [4.69, 9.17) is 21.1 Å². The standard InChI is InChI=1S/C29H39ClFN3O4/c1-17-14-18(2)33-29(36)23(17)16-32-28(35)22-15-24(30)27-26(19(22)3)38-25(6-5-13-37-27)20-7-9-21(10-8-20)34(4)12-11-31/h14-15,20-21,25H,5-13,16H2,1-4H3,(H,32,35)(H,33,36). The van der Waals surface area contributed by atoms with Gasteiger partial charge in [0, 0.05) is 41.5 Å². The van der Waals surface area contributed by atoms with Gasteiger partial charge in [-0.3, -0.25) is 9.59 Å². The molecule has 1 aromatic heterocycles. The summed E-state index contributed by atoms with van der Waals surface area (Å²) in [5, 5.41) is 3.21. The number of carbonyl (C=O) groups excluding carboxylic acids is 1. The molecule has 9 heteroatoms. The van der Waals surface area contributed by atoms with Crippen LogP contribution in [0.5, 0.6) is 11.5 Å². The Morgan fingerprint density at radius 2 is 1.89 bits per heavy atom. The number of rotatable bonds is 7.